The van der Waals surface area contributed by atoms with Gasteiger partial charge in [-0.1, -0.05) is 96.1 Å². The van der Waals surface area contributed by atoms with Gasteiger partial charge in [0, 0.05) is 38.4 Å². The standard InChI is InChI=1S/C42H41O4P/c1-24-20-26(3)35(27(4)21-24)39(43)37-31(8)30(7)32(9)41(38(37)40(44)36-28(5)22-25(2)23-29(36)6)47(46,34-18-14-11-15-19-34)42(45)33-16-12-10-13-17-33/h10-23H,1-9H3. The molecule has 0 heterocycles. The van der Waals surface area contributed by atoms with Crippen molar-refractivity contribution >= 4 is 34.8 Å². The molecule has 4 nitrogen and oxygen atoms in total. The van der Waals surface area contributed by atoms with E-state index in [2.05, 4.69) is 0 Å². The maximum atomic E-state index is 16.1. The van der Waals surface area contributed by atoms with Crippen molar-refractivity contribution in [1.82, 2.24) is 0 Å². The van der Waals surface area contributed by atoms with Crippen LogP contribution in [0, 0.1) is 62.3 Å². The fourth-order valence-electron chi connectivity index (χ4n) is 7.11. The Labute approximate surface area is 278 Å². The molecule has 1 atom stereocenters. The Morgan fingerprint density at radius 3 is 1.32 bits per heavy atom. The summed E-state index contributed by atoms with van der Waals surface area (Å²) in [5, 5.41) is 0.448. The smallest absolute Gasteiger partial charge is 0.230 e. The quantitative estimate of drug-likeness (QED) is 0.125. The fourth-order valence-corrected chi connectivity index (χ4v) is 10.1. The van der Waals surface area contributed by atoms with Gasteiger partial charge in [0.15, 0.2) is 11.6 Å². The molecular formula is C42H41O4P. The molecule has 47 heavy (non-hydrogen) atoms. The van der Waals surface area contributed by atoms with Crippen LogP contribution in [0.5, 0.6) is 0 Å². The molecule has 5 heteroatoms. The highest BCUT2D eigenvalue weighted by Gasteiger charge is 2.44. The average Bonchev–Trinajstić information content (AvgIpc) is 3.02. The van der Waals surface area contributed by atoms with E-state index in [0.717, 1.165) is 38.9 Å². The molecule has 0 aliphatic carbocycles. The highest BCUT2D eigenvalue weighted by Crippen LogP contribution is 2.50. The van der Waals surface area contributed by atoms with Gasteiger partial charge >= 0.3 is 0 Å². The first-order valence-corrected chi connectivity index (χ1v) is 17.6. The summed E-state index contributed by atoms with van der Waals surface area (Å²) < 4.78 is 16.1. The van der Waals surface area contributed by atoms with Crippen LogP contribution in [0.15, 0.2) is 84.9 Å². The van der Waals surface area contributed by atoms with Crippen molar-refractivity contribution in [3.05, 3.63) is 163 Å². The van der Waals surface area contributed by atoms with E-state index in [9.17, 15) is 9.59 Å². The van der Waals surface area contributed by atoms with E-state index in [4.69, 9.17) is 0 Å². The van der Waals surface area contributed by atoms with E-state index in [1.165, 1.54) is 0 Å². The molecule has 5 rings (SSSR count). The predicted molar refractivity (Wildman–Crippen MR) is 193 cm³/mol. The van der Waals surface area contributed by atoms with E-state index < -0.39 is 18.4 Å². The number of ketones is 2. The molecule has 0 fully saturated rings. The molecule has 0 saturated heterocycles. The molecule has 5 aromatic carbocycles. The lowest BCUT2D eigenvalue weighted by Gasteiger charge is -2.28. The molecule has 0 N–H and O–H groups in total. The van der Waals surface area contributed by atoms with Crippen LogP contribution in [0.2, 0.25) is 0 Å². The lowest BCUT2D eigenvalue weighted by Crippen LogP contribution is -2.33. The van der Waals surface area contributed by atoms with Gasteiger partial charge < -0.3 is 4.57 Å². The van der Waals surface area contributed by atoms with Gasteiger partial charge in [-0.3, -0.25) is 14.4 Å². The van der Waals surface area contributed by atoms with E-state index in [0.29, 0.717) is 27.6 Å². The molecule has 5 aromatic rings. The Morgan fingerprint density at radius 1 is 0.468 bits per heavy atom. The average molecular weight is 641 g/mol. The van der Waals surface area contributed by atoms with Crippen LogP contribution in [0.1, 0.15) is 92.3 Å². The molecule has 0 radical (unpaired) electrons. The highest BCUT2D eigenvalue weighted by molar-refractivity contribution is 7.93. The summed E-state index contributed by atoms with van der Waals surface area (Å²) in [6.07, 6.45) is 0. The van der Waals surface area contributed by atoms with E-state index in [1.54, 1.807) is 60.7 Å². The van der Waals surface area contributed by atoms with E-state index in [-0.39, 0.29) is 27.8 Å². The highest BCUT2D eigenvalue weighted by atomic mass is 31.2. The first-order chi connectivity index (χ1) is 22.2. The Hall–Kier alpha value is -4.66. The summed E-state index contributed by atoms with van der Waals surface area (Å²) in [6, 6.07) is 25.0. The zero-order chi connectivity index (χ0) is 34.4. The second-order valence-electron chi connectivity index (χ2n) is 12.8. The van der Waals surface area contributed by atoms with Crippen LogP contribution in [0.25, 0.3) is 0 Å². The number of hydrogen-bond acceptors (Lipinski definition) is 4. The lowest BCUT2D eigenvalue weighted by molar-refractivity contribution is 0.100. The third kappa shape index (κ3) is 5.77. The van der Waals surface area contributed by atoms with Gasteiger partial charge in [0.2, 0.25) is 12.7 Å². The van der Waals surface area contributed by atoms with Gasteiger partial charge in [-0.05, 0) is 101 Å². The normalized spacial score (nSPS) is 12.4. The molecule has 0 aliphatic heterocycles. The third-order valence-corrected chi connectivity index (χ3v) is 12.4. The number of aryl methyl sites for hydroxylation is 6. The van der Waals surface area contributed by atoms with E-state index in [1.807, 2.05) is 86.6 Å². The minimum absolute atomic E-state index is 0.0431. The monoisotopic (exact) mass is 640 g/mol. The fraction of sp³-hybridized carbons (Fsp3) is 0.214. The number of hydrogen-bond donors (Lipinski definition) is 0. The molecule has 0 aromatic heterocycles. The Morgan fingerprint density at radius 2 is 0.872 bits per heavy atom. The lowest BCUT2D eigenvalue weighted by atomic mass is 9.82. The molecule has 0 bridgehead atoms. The first kappa shape index (κ1) is 33.7. The molecule has 0 amide bonds. The number of carbonyl (C=O) groups excluding carboxylic acids is 3. The van der Waals surface area contributed by atoms with Crippen molar-refractivity contribution in [3.8, 4) is 0 Å². The van der Waals surface area contributed by atoms with Gasteiger partial charge in [-0.25, -0.2) is 0 Å². The van der Waals surface area contributed by atoms with Crippen LogP contribution in [-0.4, -0.2) is 17.1 Å². The largest absolute Gasteiger partial charge is 0.305 e. The second kappa shape index (κ2) is 12.9. The summed E-state index contributed by atoms with van der Waals surface area (Å²) in [4.78, 5) is 45.0. The number of rotatable bonds is 8. The van der Waals surface area contributed by atoms with Gasteiger partial charge in [0.05, 0.1) is 0 Å². The SMILES string of the molecule is Cc1cc(C)c(C(=O)c2c(C)c(C)c(C)c(P(=O)(C(=O)c3ccccc3)c3ccccc3)c2C(=O)c2c(C)cc(C)cc2C)c(C)c1. The predicted octanol–water partition coefficient (Wildman–Crippen LogP) is 9.08. The summed E-state index contributed by atoms with van der Waals surface area (Å²) >= 11 is 0. The molecular weight excluding hydrogens is 599 g/mol. The summed E-state index contributed by atoms with van der Waals surface area (Å²) in [5.74, 6) is -0.733. The van der Waals surface area contributed by atoms with Crippen molar-refractivity contribution in [1.29, 1.82) is 0 Å². The maximum Gasteiger partial charge on any atom is 0.230 e. The zero-order valence-corrected chi connectivity index (χ0v) is 29.6. The molecule has 238 valence electrons. The van der Waals surface area contributed by atoms with Crippen molar-refractivity contribution in [3.63, 3.8) is 0 Å². The summed E-state index contributed by atoms with van der Waals surface area (Å²) in [6.45, 7) is 17.0. The first-order valence-electron chi connectivity index (χ1n) is 15.8. The molecule has 1 unspecified atom stereocenters. The van der Waals surface area contributed by atoms with Gasteiger partial charge in [-0.2, -0.15) is 0 Å². The van der Waals surface area contributed by atoms with Gasteiger partial charge in [0.25, 0.3) is 0 Å². The van der Waals surface area contributed by atoms with Crippen LogP contribution in [-0.2, 0) is 4.57 Å². The second-order valence-corrected chi connectivity index (χ2v) is 15.4. The van der Waals surface area contributed by atoms with Crippen LogP contribution in [0.4, 0.5) is 0 Å². The van der Waals surface area contributed by atoms with Crippen LogP contribution >= 0.6 is 7.14 Å². The van der Waals surface area contributed by atoms with Gasteiger partial charge in [-0.15, -0.1) is 0 Å². The van der Waals surface area contributed by atoms with Crippen molar-refractivity contribution < 1.29 is 18.9 Å². The zero-order valence-electron chi connectivity index (χ0n) is 28.7. The van der Waals surface area contributed by atoms with Crippen molar-refractivity contribution in [2.75, 3.05) is 0 Å². The summed E-state index contributed by atoms with van der Waals surface area (Å²) in [7, 11) is -4.27. The third-order valence-electron chi connectivity index (χ3n) is 9.35. The molecule has 0 saturated carbocycles. The Kier molecular flexibility index (Phi) is 9.22. The minimum atomic E-state index is -4.27. The van der Waals surface area contributed by atoms with Crippen molar-refractivity contribution in [2.24, 2.45) is 0 Å². The van der Waals surface area contributed by atoms with Crippen LogP contribution in [0.3, 0.4) is 0 Å². The van der Waals surface area contributed by atoms with E-state index >= 15 is 9.36 Å². The van der Waals surface area contributed by atoms with Crippen molar-refractivity contribution in [2.45, 2.75) is 62.3 Å². The topological polar surface area (TPSA) is 68.3 Å². The maximum absolute atomic E-state index is 16.1. The Balaban J connectivity index is 2.02. The number of benzene rings is 5. The van der Waals surface area contributed by atoms with Gasteiger partial charge in [0.1, 0.15) is 0 Å². The summed E-state index contributed by atoms with van der Waals surface area (Å²) in [5.41, 5.74) is 7.91. The Bertz CT molecular complexity index is 2090. The minimum Gasteiger partial charge on any atom is -0.305 e. The van der Waals surface area contributed by atoms with Crippen LogP contribution < -0.4 is 10.6 Å². The molecule has 0 aliphatic rings. The number of carbonyl (C=O) groups is 3. The molecule has 0 spiro atoms.